The van der Waals surface area contributed by atoms with Crippen LogP contribution in [0.25, 0.3) is 0 Å². The van der Waals surface area contributed by atoms with Crippen LogP contribution in [0.2, 0.25) is 0 Å². The van der Waals surface area contributed by atoms with Crippen molar-refractivity contribution < 1.29 is 9.90 Å². The van der Waals surface area contributed by atoms with Gasteiger partial charge in [-0.05, 0) is 10.5 Å². The Labute approximate surface area is 61.7 Å². The molecule has 46 valence electrons. The van der Waals surface area contributed by atoms with Gasteiger partial charge in [0.15, 0.2) is 0 Å². The molecule has 0 heterocycles. The first kappa shape index (κ1) is 7.94. The molecular formula is C5H7IO2. The third-order valence-electron chi connectivity index (χ3n) is 0.787. The molecule has 0 aromatic rings. The maximum absolute atomic E-state index is 10.1. The van der Waals surface area contributed by atoms with Gasteiger partial charge in [0.25, 0.3) is 0 Å². The zero-order chi connectivity index (χ0) is 6.57. The van der Waals surface area contributed by atoms with Crippen molar-refractivity contribution in [2.24, 2.45) is 0 Å². The Morgan fingerprint density at radius 1 is 1.88 bits per heavy atom. The third kappa shape index (κ3) is 2.30. The Bertz CT molecular complexity index is 118. The Morgan fingerprint density at radius 2 is 2.38 bits per heavy atom. The fourth-order valence-electron chi connectivity index (χ4n) is 0.275. The van der Waals surface area contributed by atoms with Gasteiger partial charge in [0.05, 0.1) is 0 Å². The summed E-state index contributed by atoms with van der Waals surface area (Å²) in [4.78, 5) is 10.1. The second-order valence-corrected chi connectivity index (χ2v) is 1.92. The Kier molecular flexibility index (Phi) is 3.85. The molecule has 0 aliphatic heterocycles. The first-order valence-electron chi connectivity index (χ1n) is 2.25. The summed E-state index contributed by atoms with van der Waals surface area (Å²) in [7, 11) is 0. The molecule has 0 rings (SSSR count). The number of rotatable bonds is 2. The van der Waals surface area contributed by atoms with Gasteiger partial charge in [-0.3, -0.25) is 0 Å². The smallest absolute Gasteiger partial charge is 0.332 e. The fourth-order valence-corrected chi connectivity index (χ4v) is 0.982. The predicted molar refractivity (Wildman–Crippen MR) is 40.0 cm³/mol. The summed E-state index contributed by atoms with van der Waals surface area (Å²) in [5, 5.41) is 8.30. The topological polar surface area (TPSA) is 37.3 Å². The highest BCUT2D eigenvalue weighted by molar-refractivity contribution is 14.1. The van der Waals surface area contributed by atoms with Crippen molar-refractivity contribution in [1.29, 1.82) is 0 Å². The largest absolute Gasteiger partial charge is 0.478 e. The van der Waals surface area contributed by atoms with Crippen LogP contribution in [-0.2, 0) is 4.79 Å². The molecule has 0 aromatic heterocycles. The molecule has 0 saturated heterocycles. The van der Waals surface area contributed by atoms with E-state index in [1.807, 2.05) is 29.5 Å². The summed E-state index contributed by atoms with van der Waals surface area (Å²) in [5.41, 5.74) is 0.464. The van der Waals surface area contributed by atoms with Crippen LogP contribution in [0.15, 0.2) is 9.66 Å². The number of halogens is 1. The van der Waals surface area contributed by atoms with E-state index in [1.54, 1.807) is 4.08 Å². The zero-order valence-corrected chi connectivity index (χ0v) is 6.68. The van der Waals surface area contributed by atoms with Crippen LogP contribution >= 0.6 is 22.6 Å². The normalized spacial score (nSPS) is 11.5. The molecule has 0 unspecified atom stereocenters. The molecule has 0 aliphatic carbocycles. The van der Waals surface area contributed by atoms with Gasteiger partial charge in [-0.15, -0.1) is 0 Å². The molecule has 3 heteroatoms. The Hall–Kier alpha value is -0.0600. The first-order valence-corrected chi connectivity index (χ1v) is 3.49. The van der Waals surface area contributed by atoms with Gasteiger partial charge < -0.3 is 5.11 Å². The lowest BCUT2D eigenvalue weighted by atomic mass is 10.2. The zero-order valence-electron chi connectivity index (χ0n) is 4.52. The van der Waals surface area contributed by atoms with Crippen LogP contribution < -0.4 is 0 Å². The minimum absolute atomic E-state index is 0.464. The number of hydrogen-bond donors (Lipinski definition) is 1. The van der Waals surface area contributed by atoms with Crippen LogP contribution in [0, 0.1) is 0 Å². The fraction of sp³-hybridized carbons (Fsp3) is 0.400. The summed E-state index contributed by atoms with van der Waals surface area (Å²) in [6, 6.07) is 0. The van der Waals surface area contributed by atoms with E-state index in [4.69, 9.17) is 5.11 Å². The van der Waals surface area contributed by atoms with Crippen molar-refractivity contribution in [3.8, 4) is 0 Å². The van der Waals surface area contributed by atoms with E-state index in [0.717, 1.165) is 0 Å². The van der Waals surface area contributed by atoms with Gasteiger partial charge >= 0.3 is 5.97 Å². The first-order chi connectivity index (χ1) is 3.72. The van der Waals surface area contributed by atoms with Gasteiger partial charge in [0, 0.05) is 5.57 Å². The third-order valence-corrected chi connectivity index (χ3v) is 1.54. The van der Waals surface area contributed by atoms with Crippen LogP contribution in [-0.4, -0.2) is 11.1 Å². The van der Waals surface area contributed by atoms with Crippen molar-refractivity contribution in [2.45, 2.75) is 13.3 Å². The minimum atomic E-state index is -0.818. The highest BCUT2D eigenvalue weighted by Crippen LogP contribution is 2.02. The Balaban J connectivity index is 3.92. The number of carbonyl (C=O) groups is 1. The maximum Gasteiger partial charge on any atom is 0.332 e. The van der Waals surface area contributed by atoms with Gasteiger partial charge in [-0.1, -0.05) is 29.5 Å². The summed E-state index contributed by atoms with van der Waals surface area (Å²) < 4.78 is 1.58. The summed E-state index contributed by atoms with van der Waals surface area (Å²) in [5.74, 6) is -0.818. The van der Waals surface area contributed by atoms with Gasteiger partial charge in [0.1, 0.15) is 0 Å². The summed E-state index contributed by atoms with van der Waals surface area (Å²) >= 11 is 1.92. The molecule has 8 heavy (non-hydrogen) atoms. The summed E-state index contributed by atoms with van der Waals surface area (Å²) in [6.07, 6.45) is 0.596. The predicted octanol–water partition coefficient (Wildman–Crippen LogP) is 1.80. The van der Waals surface area contributed by atoms with Crippen LogP contribution in [0.5, 0.6) is 0 Å². The van der Waals surface area contributed by atoms with E-state index < -0.39 is 5.97 Å². The van der Waals surface area contributed by atoms with E-state index in [1.165, 1.54) is 0 Å². The molecule has 0 amide bonds. The molecular weight excluding hydrogens is 219 g/mol. The molecule has 0 atom stereocenters. The van der Waals surface area contributed by atoms with Crippen LogP contribution in [0.1, 0.15) is 13.3 Å². The van der Waals surface area contributed by atoms with E-state index in [-0.39, 0.29) is 0 Å². The van der Waals surface area contributed by atoms with E-state index in [2.05, 4.69) is 0 Å². The van der Waals surface area contributed by atoms with Gasteiger partial charge in [-0.25, -0.2) is 4.79 Å². The maximum atomic E-state index is 10.1. The molecule has 2 nitrogen and oxygen atoms in total. The van der Waals surface area contributed by atoms with Crippen molar-refractivity contribution >= 4 is 28.6 Å². The Morgan fingerprint density at radius 3 is 2.38 bits per heavy atom. The summed E-state index contributed by atoms with van der Waals surface area (Å²) in [6.45, 7) is 1.82. The lowest BCUT2D eigenvalue weighted by Gasteiger charge is -1.90. The molecule has 0 saturated carbocycles. The SMILES string of the molecule is CC/C(=C\I)C(=O)O. The van der Waals surface area contributed by atoms with Crippen LogP contribution in [0.3, 0.4) is 0 Å². The average Bonchev–Trinajstić information content (AvgIpc) is 1.69. The average molecular weight is 226 g/mol. The lowest BCUT2D eigenvalue weighted by molar-refractivity contribution is -0.132. The number of carboxylic acids is 1. The molecule has 0 aromatic carbocycles. The molecule has 0 spiro atoms. The number of carboxylic acid groups (broad SMARTS) is 1. The minimum Gasteiger partial charge on any atom is -0.478 e. The van der Waals surface area contributed by atoms with Crippen LogP contribution in [0.4, 0.5) is 0 Å². The lowest BCUT2D eigenvalue weighted by Crippen LogP contribution is -1.96. The van der Waals surface area contributed by atoms with E-state index in [0.29, 0.717) is 12.0 Å². The number of aliphatic carboxylic acids is 1. The molecule has 0 fully saturated rings. The monoisotopic (exact) mass is 226 g/mol. The van der Waals surface area contributed by atoms with Crippen molar-refractivity contribution in [3.63, 3.8) is 0 Å². The highest BCUT2D eigenvalue weighted by Gasteiger charge is 2.00. The standard InChI is InChI=1S/C5H7IO2/c1-2-4(3-6)5(7)8/h3H,2H2,1H3,(H,7,8)/b4-3+. The number of hydrogen-bond acceptors (Lipinski definition) is 1. The molecule has 1 N–H and O–H groups in total. The van der Waals surface area contributed by atoms with Gasteiger partial charge in [-0.2, -0.15) is 0 Å². The van der Waals surface area contributed by atoms with E-state index in [9.17, 15) is 4.79 Å². The van der Waals surface area contributed by atoms with Crippen molar-refractivity contribution in [2.75, 3.05) is 0 Å². The quantitative estimate of drug-likeness (QED) is 0.575. The highest BCUT2D eigenvalue weighted by atomic mass is 127. The second kappa shape index (κ2) is 3.88. The van der Waals surface area contributed by atoms with Crippen molar-refractivity contribution in [1.82, 2.24) is 0 Å². The van der Waals surface area contributed by atoms with Gasteiger partial charge in [0.2, 0.25) is 0 Å². The second-order valence-electron chi connectivity index (χ2n) is 1.29. The molecule has 0 bridgehead atoms. The molecule has 0 aliphatic rings. The molecule has 0 radical (unpaired) electrons. The van der Waals surface area contributed by atoms with Crippen molar-refractivity contribution in [3.05, 3.63) is 9.66 Å². The van der Waals surface area contributed by atoms with E-state index >= 15 is 0 Å².